The summed E-state index contributed by atoms with van der Waals surface area (Å²) in [5.41, 5.74) is 1.45. The third-order valence-corrected chi connectivity index (χ3v) is 6.22. The number of sulfone groups is 1. The molecule has 1 aromatic heterocycles. The maximum absolute atomic E-state index is 12.7. The molecule has 30 heavy (non-hydrogen) atoms. The molecule has 3 rings (SSSR count). The van der Waals surface area contributed by atoms with Crippen molar-refractivity contribution in [3.8, 4) is 0 Å². The van der Waals surface area contributed by atoms with Crippen molar-refractivity contribution in [1.29, 1.82) is 0 Å². The van der Waals surface area contributed by atoms with Gasteiger partial charge in [0.1, 0.15) is 5.75 Å². The van der Waals surface area contributed by atoms with Crippen LogP contribution in [0.5, 0.6) is 0 Å². The Hall–Kier alpha value is -3.40. The number of rotatable bonds is 6. The zero-order chi connectivity index (χ0) is 22.1. The summed E-state index contributed by atoms with van der Waals surface area (Å²) in [4.78, 5) is 35.9. The van der Waals surface area contributed by atoms with Crippen molar-refractivity contribution in [2.45, 2.75) is 11.8 Å². The number of carbonyl (C=O) groups excluding carboxylic acids is 2. The highest BCUT2D eigenvalue weighted by Crippen LogP contribution is 2.19. The van der Waals surface area contributed by atoms with E-state index in [1.807, 2.05) is 0 Å². The molecule has 1 amide bonds. The standard InChI is InChI=1S/C20H21N3O6S/c1-4-29-19(25)13-5-7-14(8-6-13)21-18(24)12-30(27,28)15-9-10-16-17(11-15)23(3)20(26)22(16)2/h5-11H,4,12H2,1-3H3,(H,21,24). The molecule has 10 heteroatoms. The quantitative estimate of drug-likeness (QED) is 0.591. The minimum absolute atomic E-state index is 0.0518. The molecule has 0 saturated carbocycles. The van der Waals surface area contributed by atoms with Gasteiger partial charge in [-0.25, -0.2) is 18.0 Å². The van der Waals surface area contributed by atoms with Crippen molar-refractivity contribution in [2.75, 3.05) is 17.7 Å². The van der Waals surface area contributed by atoms with Gasteiger partial charge in [0.05, 0.1) is 28.1 Å². The number of fused-ring (bicyclic) bond motifs is 1. The number of hydrogen-bond donors (Lipinski definition) is 1. The van der Waals surface area contributed by atoms with Crippen LogP contribution >= 0.6 is 0 Å². The fourth-order valence-electron chi connectivity index (χ4n) is 3.04. The van der Waals surface area contributed by atoms with E-state index in [0.717, 1.165) is 0 Å². The highest BCUT2D eigenvalue weighted by molar-refractivity contribution is 7.92. The monoisotopic (exact) mass is 431 g/mol. The fourth-order valence-corrected chi connectivity index (χ4v) is 4.19. The smallest absolute Gasteiger partial charge is 0.338 e. The van der Waals surface area contributed by atoms with E-state index in [9.17, 15) is 22.8 Å². The molecule has 0 bridgehead atoms. The molecule has 0 saturated heterocycles. The number of hydrogen-bond acceptors (Lipinski definition) is 6. The maximum atomic E-state index is 12.7. The first kappa shape index (κ1) is 21.3. The molecule has 1 N–H and O–H groups in total. The number of benzene rings is 2. The van der Waals surface area contributed by atoms with Gasteiger partial charge in [-0.15, -0.1) is 0 Å². The molecule has 2 aromatic carbocycles. The van der Waals surface area contributed by atoms with Crippen molar-refractivity contribution < 1.29 is 22.7 Å². The predicted molar refractivity (Wildman–Crippen MR) is 111 cm³/mol. The average Bonchev–Trinajstić information content (AvgIpc) is 2.92. The van der Waals surface area contributed by atoms with Gasteiger partial charge in [-0.1, -0.05) is 0 Å². The highest BCUT2D eigenvalue weighted by atomic mass is 32.2. The molecule has 9 nitrogen and oxygen atoms in total. The Balaban J connectivity index is 1.76. The Morgan fingerprint density at radius 3 is 2.27 bits per heavy atom. The Labute approximate surface area is 172 Å². The summed E-state index contributed by atoms with van der Waals surface area (Å²) in [5, 5.41) is 2.50. The van der Waals surface area contributed by atoms with Gasteiger partial charge in [-0.2, -0.15) is 0 Å². The second-order valence-electron chi connectivity index (χ2n) is 6.66. The molecule has 0 radical (unpaired) electrons. The van der Waals surface area contributed by atoms with Crippen LogP contribution in [0.4, 0.5) is 5.69 Å². The summed E-state index contributed by atoms with van der Waals surface area (Å²) in [5.74, 6) is -1.97. The van der Waals surface area contributed by atoms with E-state index in [2.05, 4.69) is 5.32 Å². The lowest BCUT2D eigenvalue weighted by Crippen LogP contribution is -2.23. The number of nitrogens with one attached hydrogen (secondary N) is 1. The number of aryl methyl sites for hydroxylation is 2. The molecule has 0 unspecified atom stereocenters. The van der Waals surface area contributed by atoms with Crippen LogP contribution in [-0.2, 0) is 33.5 Å². The van der Waals surface area contributed by atoms with E-state index in [4.69, 9.17) is 4.74 Å². The first-order chi connectivity index (χ1) is 14.1. The molecule has 0 atom stereocenters. The van der Waals surface area contributed by atoms with Gasteiger partial charge in [0.25, 0.3) is 0 Å². The predicted octanol–water partition coefficient (Wildman–Crippen LogP) is 1.47. The Bertz CT molecular complexity index is 1290. The van der Waals surface area contributed by atoms with Gasteiger partial charge in [-0.3, -0.25) is 13.9 Å². The second-order valence-corrected chi connectivity index (χ2v) is 8.65. The summed E-state index contributed by atoms with van der Waals surface area (Å²) in [6.07, 6.45) is 0. The van der Waals surface area contributed by atoms with Crippen molar-refractivity contribution in [1.82, 2.24) is 9.13 Å². The molecule has 0 fully saturated rings. The molecular weight excluding hydrogens is 410 g/mol. The first-order valence-electron chi connectivity index (χ1n) is 9.09. The molecule has 0 aliphatic rings. The van der Waals surface area contributed by atoms with E-state index in [-0.39, 0.29) is 17.2 Å². The van der Waals surface area contributed by atoms with Crippen molar-refractivity contribution in [3.63, 3.8) is 0 Å². The number of nitrogens with zero attached hydrogens (tertiary/aromatic N) is 2. The number of imidazole rings is 1. The van der Waals surface area contributed by atoms with Gasteiger partial charge in [0, 0.05) is 19.8 Å². The summed E-state index contributed by atoms with van der Waals surface area (Å²) in [7, 11) is -0.785. The van der Waals surface area contributed by atoms with Crippen molar-refractivity contribution in [2.24, 2.45) is 14.1 Å². The van der Waals surface area contributed by atoms with Crippen LogP contribution in [0.25, 0.3) is 11.0 Å². The Morgan fingerprint density at radius 1 is 1.00 bits per heavy atom. The molecule has 1 heterocycles. The van der Waals surface area contributed by atoms with E-state index in [1.54, 1.807) is 21.0 Å². The molecular formula is C20H21N3O6S. The number of aromatic nitrogens is 2. The lowest BCUT2D eigenvalue weighted by atomic mass is 10.2. The zero-order valence-electron chi connectivity index (χ0n) is 16.7. The normalized spacial score (nSPS) is 11.4. The Morgan fingerprint density at radius 2 is 1.63 bits per heavy atom. The van der Waals surface area contributed by atoms with Gasteiger partial charge >= 0.3 is 11.7 Å². The molecule has 158 valence electrons. The van der Waals surface area contributed by atoms with Crippen LogP contribution in [0.1, 0.15) is 17.3 Å². The average molecular weight is 431 g/mol. The second kappa shape index (κ2) is 8.15. The Kier molecular flexibility index (Phi) is 5.79. The lowest BCUT2D eigenvalue weighted by Gasteiger charge is -2.08. The number of esters is 1. The van der Waals surface area contributed by atoms with Crippen LogP contribution in [0.3, 0.4) is 0 Å². The molecule has 0 aliphatic heterocycles. The van der Waals surface area contributed by atoms with Gasteiger partial charge < -0.3 is 10.1 Å². The maximum Gasteiger partial charge on any atom is 0.338 e. The third-order valence-electron chi connectivity index (χ3n) is 4.60. The van der Waals surface area contributed by atoms with E-state index < -0.39 is 27.5 Å². The first-order valence-corrected chi connectivity index (χ1v) is 10.7. The molecule has 0 aliphatic carbocycles. The van der Waals surface area contributed by atoms with Crippen molar-refractivity contribution in [3.05, 3.63) is 58.5 Å². The van der Waals surface area contributed by atoms with Crippen LogP contribution in [-0.4, -0.2) is 41.8 Å². The summed E-state index contributed by atoms with van der Waals surface area (Å²) >= 11 is 0. The topological polar surface area (TPSA) is 116 Å². The fraction of sp³-hybridized carbons (Fsp3) is 0.250. The van der Waals surface area contributed by atoms with Crippen LogP contribution in [0.2, 0.25) is 0 Å². The molecule has 0 spiro atoms. The minimum Gasteiger partial charge on any atom is -0.462 e. The van der Waals surface area contributed by atoms with Crippen molar-refractivity contribution >= 4 is 38.4 Å². The van der Waals surface area contributed by atoms with Gasteiger partial charge in [0.2, 0.25) is 5.91 Å². The van der Waals surface area contributed by atoms with E-state index in [1.165, 1.54) is 51.6 Å². The zero-order valence-corrected chi connectivity index (χ0v) is 17.5. The van der Waals surface area contributed by atoms with Gasteiger partial charge in [-0.05, 0) is 49.4 Å². The lowest BCUT2D eigenvalue weighted by molar-refractivity contribution is -0.113. The largest absolute Gasteiger partial charge is 0.462 e. The number of amides is 1. The van der Waals surface area contributed by atoms with E-state index >= 15 is 0 Å². The highest BCUT2D eigenvalue weighted by Gasteiger charge is 2.21. The van der Waals surface area contributed by atoms with E-state index in [0.29, 0.717) is 22.3 Å². The minimum atomic E-state index is -3.93. The van der Waals surface area contributed by atoms with Gasteiger partial charge in [0.15, 0.2) is 9.84 Å². The summed E-state index contributed by atoms with van der Waals surface area (Å²) in [6.45, 7) is 1.94. The summed E-state index contributed by atoms with van der Waals surface area (Å²) in [6, 6.07) is 10.2. The number of carbonyl (C=O) groups is 2. The molecule has 3 aromatic rings. The SMILES string of the molecule is CCOC(=O)c1ccc(NC(=O)CS(=O)(=O)c2ccc3c(c2)n(C)c(=O)n3C)cc1. The van der Waals surface area contributed by atoms with Crippen LogP contribution in [0.15, 0.2) is 52.2 Å². The van der Waals surface area contributed by atoms with Crippen LogP contribution in [0, 0.1) is 0 Å². The third kappa shape index (κ3) is 4.13. The summed E-state index contributed by atoms with van der Waals surface area (Å²) < 4.78 is 33.0. The number of anilines is 1. The van der Waals surface area contributed by atoms with Crippen LogP contribution < -0.4 is 11.0 Å². The number of ether oxygens (including phenoxy) is 1.